The number of amides is 1. The Hall–Kier alpha value is -2.54. The first kappa shape index (κ1) is 15.4. The molecule has 1 N–H and O–H groups in total. The van der Waals surface area contributed by atoms with Crippen LogP contribution in [0.3, 0.4) is 0 Å². The van der Waals surface area contributed by atoms with Crippen LogP contribution in [0.5, 0.6) is 0 Å². The minimum absolute atomic E-state index is 0.0360. The molecule has 23 heavy (non-hydrogen) atoms. The molecule has 1 amide bonds. The highest BCUT2D eigenvalue weighted by Gasteiger charge is 2.24. The van der Waals surface area contributed by atoms with E-state index in [2.05, 4.69) is 15.4 Å². The van der Waals surface area contributed by atoms with Crippen molar-refractivity contribution < 1.29 is 13.6 Å². The minimum Gasteiger partial charge on any atom is -0.351 e. The Kier molecular flexibility index (Phi) is 3.96. The molecule has 0 saturated heterocycles. The smallest absolute Gasteiger partial charge is 0.272 e. The molecule has 1 aromatic carbocycles. The van der Waals surface area contributed by atoms with Gasteiger partial charge in [0.25, 0.3) is 5.91 Å². The number of carbonyl (C=O) groups excluding carboxylic acids is 1. The van der Waals surface area contributed by atoms with Crippen LogP contribution in [0.15, 0.2) is 30.6 Å². The lowest BCUT2D eigenvalue weighted by atomic mass is 10.0. The molecule has 8 heteroatoms. The molecule has 0 bridgehead atoms. The maximum Gasteiger partial charge on any atom is 0.272 e. The Morgan fingerprint density at radius 1 is 1.35 bits per heavy atom. The van der Waals surface area contributed by atoms with Crippen LogP contribution in [0, 0.1) is 11.6 Å². The number of halogens is 3. The predicted molar refractivity (Wildman–Crippen MR) is 81.4 cm³/mol. The van der Waals surface area contributed by atoms with Gasteiger partial charge < -0.3 is 5.32 Å². The number of benzene rings is 1. The summed E-state index contributed by atoms with van der Waals surface area (Å²) in [6, 6.07) is 3.41. The molecule has 0 aliphatic rings. The van der Waals surface area contributed by atoms with Crippen LogP contribution in [0.1, 0.15) is 17.4 Å². The van der Waals surface area contributed by atoms with Crippen molar-refractivity contribution in [1.29, 1.82) is 0 Å². The van der Waals surface area contributed by atoms with Gasteiger partial charge in [0.15, 0.2) is 11.3 Å². The van der Waals surface area contributed by atoms with Gasteiger partial charge >= 0.3 is 0 Å². The summed E-state index contributed by atoms with van der Waals surface area (Å²) in [4.78, 5) is 16.3. The van der Waals surface area contributed by atoms with E-state index in [-0.39, 0.29) is 27.5 Å². The molecule has 0 atom stereocenters. The molecule has 2 heterocycles. The Labute approximate surface area is 134 Å². The van der Waals surface area contributed by atoms with Crippen molar-refractivity contribution in [2.45, 2.75) is 6.92 Å². The maximum atomic E-state index is 14.3. The van der Waals surface area contributed by atoms with Crippen molar-refractivity contribution >= 4 is 23.2 Å². The zero-order chi connectivity index (χ0) is 16.6. The molecule has 0 aliphatic heterocycles. The second-order valence-corrected chi connectivity index (χ2v) is 5.12. The first-order chi connectivity index (χ1) is 11.0. The molecule has 118 valence electrons. The van der Waals surface area contributed by atoms with Crippen molar-refractivity contribution in [3.8, 4) is 11.1 Å². The van der Waals surface area contributed by atoms with Crippen LogP contribution in [0.25, 0.3) is 16.8 Å². The third-order valence-electron chi connectivity index (χ3n) is 3.23. The highest BCUT2D eigenvalue weighted by Crippen LogP contribution is 2.32. The SMILES string of the molecule is CCNC(=O)c1nn2cccnc2c1-c1cc(F)c(Cl)cc1F. The Balaban J connectivity index is 2.33. The van der Waals surface area contributed by atoms with Gasteiger partial charge in [-0.1, -0.05) is 11.6 Å². The van der Waals surface area contributed by atoms with Gasteiger partial charge in [0.05, 0.1) is 10.6 Å². The van der Waals surface area contributed by atoms with Gasteiger partial charge in [-0.3, -0.25) is 4.79 Å². The van der Waals surface area contributed by atoms with Gasteiger partial charge in [-0.15, -0.1) is 0 Å². The van der Waals surface area contributed by atoms with Gasteiger partial charge in [-0.25, -0.2) is 18.3 Å². The quantitative estimate of drug-likeness (QED) is 0.748. The number of nitrogens with one attached hydrogen (secondary N) is 1. The molecular weight excluding hydrogens is 326 g/mol. The van der Waals surface area contributed by atoms with E-state index in [9.17, 15) is 13.6 Å². The van der Waals surface area contributed by atoms with Crippen molar-refractivity contribution in [2.24, 2.45) is 0 Å². The summed E-state index contributed by atoms with van der Waals surface area (Å²) in [5.74, 6) is -2.05. The molecule has 2 aromatic heterocycles. The summed E-state index contributed by atoms with van der Waals surface area (Å²) in [6.45, 7) is 2.12. The largest absolute Gasteiger partial charge is 0.351 e. The topological polar surface area (TPSA) is 59.3 Å². The fourth-order valence-electron chi connectivity index (χ4n) is 2.25. The zero-order valence-electron chi connectivity index (χ0n) is 12.0. The van der Waals surface area contributed by atoms with E-state index >= 15 is 0 Å². The molecular formula is C15H11ClF2N4O. The van der Waals surface area contributed by atoms with Crippen LogP contribution in [-0.4, -0.2) is 27.0 Å². The molecule has 0 unspecified atom stereocenters. The van der Waals surface area contributed by atoms with Crippen LogP contribution >= 0.6 is 11.6 Å². The Morgan fingerprint density at radius 3 is 2.87 bits per heavy atom. The fourth-order valence-corrected chi connectivity index (χ4v) is 2.40. The molecule has 0 saturated carbocycles. The molecule has 0 radical (unpaired) electrons. The number of hydrogen-bond acceptors (Lipinski definition) is 3. The maximum absolute atomic E-state index is 14.3. The van der Waals surface area contributed by atoms with E-state index in [0.717, 1.165) is 12.1 Å². The third-order valence-corrected chi connectivity index (χ3v) is 3.52. The van der Waals surface area contributed by atoms with Crippen LogP contribution in [0.4, 0.5) is 8.78 Å². The number of hydrogen-bond donors (Lipinski definition) is 1. The molecule has 0 fully saturated rings. The van der Waals surface area contributed by atoms with Gasteiger partial charge in [0, 0.05) is 24.5 Å². The highest BCUT2D eigenvalue weighted by molar-refractivity contribution is 6.30. The van der Waals surface area contributed by atoms with Crippen LogP contribution in [-0.2, 0) is 0 Å². The predicted octanol–water partition coefficient (Wildman–Crippen LogP) is 3.08. The summed E-state index contributed by atoms with van der Waals surface area (Å²) in [5.41, 5.74) is 0.201. The summed E-state index contributed by atoms with van der Waals surface area (Å²) >= 11 is 5.59. The standard InChI is InChI=1S/C15H11ClF2N4O/c1-2-19-15(23)13-12(14-20-4-3-5-22(14)21-13)8-6-11(18)9(16)7-10(8)17/h3-7H,2H2,1H3,(H,19,23). The number of aromatic nitrogens is 3. The lowest BCUT2D eigenvalue weighted by molar-refractivity contribution is 0.0951. The Bertz CT molecular complexity index is 910. The fraction of sp³-hybridized carbons (Fsp3) is 0.133. The first-order valence-corrected chi connectivity index (χ1v) is 7.17. The first-order valence-electron chi connectivity index (χ1n) is 6.79. The zero-order valence-corrected chi connectivity index (χ0v) is 12.7. The van der Waals surface area contributed by atoms with E-state index < -0.39 is 17.5 Å². The summed E-state index contributed by atoms with van der Waals surface area (Å²) in [7, 11) is 0. The Morgan fingerprint density at radius 2 is 2.13 bits per heavy atom. The van der Waals surface area contributed by atoms with E-state index in [1.807, 2.05) is 0 Å². The summed E-state index contributed by atoms with van der Waals surface area (Å²) in [5, 5.41) is 6.38. The van der Waals surface area contributed by atoms with Crippen LogP contribution < -0.4 is 5.32 Å². The minimum atomic E-state index is -0.791. The lowest BCUT2D eigenvalue weighted by Gasteiger charge is -2.06. The molecule has 3 rings (SSSR count). The second kappa shape index (κ2) is 5.92. The van der Waals surface area contributed by atoms with Crippen molar-refractivity contribution in [3.63, 3.8) is 0 Å². The molecule has 0 aliphatic carbocycles. The van der Waals surface area contributed by atoms with Crippen molar-refractivity contribution in [3.05, 3.63) is 52.9 Å². The molecule has 5 nitrogen and oxygen atoms in total. The van der Waals surface area contributed by atoms with Gasteiger partial charge in [0.2, 0.25) is 0 Å². The molecule has 3 aromatic rings. The number of carbonyl (C=O) groups is 1. The normalized spacial score (nSPS) is 11.0. The third kappa shape index (κ3) is 2.63. The van der Waals surface area contributed by atoms with Gasteiger partial charge in [0.1, 0.15) is 11.6 Å². The number of nitrogens with zero attached hydrogens (tertiary/aromatic N) is 3. The lowest BCUT2D eigenvalue weighted by Crippen LogP contribution is -2.23. The van der Waals surface area contributed by atoms with E-state index in [4.69, 9.17) is 11.6 Å². The van der Waals surface area contributed by atoms with Crippen molar-refractivity contribution in [2.75, 3.05) is 6.54 Å². The average molecular weight is 337 g/mol. The molecule has 0 spiro atoms. The van der Waals surface area contributed by atoms with Crippen molar-refractivity contribution in [1.82, 2.24) is 19.9 Å². The van der Waals surface area contributed by atoms with E-state index in [1.165, 1.54) is 10.7 Å². The summed E-state index contributed by atoms with van der Waals surface area (Å²) < 4.78 is 29.4. The van der Waals surface area contributed by atoms with Crippen LogP contribution in [0.2, 0.25) is 5.02 Å². The summed E-state index contributed by atoms with van der Waals surface area (Å²) in [6.07, 6.45) is 3.05. The highest BCUT2D eigenvalue weighted by atomic mass is 35.5. The number of fused-ring (bicyclic) bond motifs is 1. The second-order valence-electron chi connectivity index (χ2n) is 4.72. The average Bonchev–Trinajstić information content (AvgIpc) is 2.90. The monoisotopic (exact) mass is 336 g/mol. The van der Waals surface area contributed by atoms with E-state index in [1.54, 1.807) is 19.2 Å². The number of rotatable bonds is 3. The van der Waals surface area contributed by atoms with Gasteiger partial charge in [-0.05, 0) is 25.1 Å². The van der Waals surface area contributed by atoms with Gasteiger partial charge in [-0.2, -0.15) is 5.10 Å². The van der Waals surface area contributed by atoms with E-state index in [0.29, 0.717) is 6.54 Å².